The molecule has 3 heterocycles. The first kappa shape index (κ1) is 23.0. The highest BCUT2D eigenvalue weighted by molar-refractivity contribution is 7.14. The number of pyridine rings is 1. The molecule has 10 heteroatoms. The molecule has 34 heavy (non-hydrogen) atoms. The van der Waals surface area contributed by atoms with Gasteiger partial charge >= 0.3 is 5.97 Å². The lowest BCUT2D eigenvalue weighted by atomic mass is 10.00. The molecule has 0 fully saturated rings. The highest BCUT2D eigenvalue weighted by atomic mass is 32.1. The summed E-state index contributed by atoms with van der Waals surface area (Å²) in [7, 11) is 4.47. The summed E-state index contributed by atoms with van der Waals surface area (Å²) in [5.41, 5.74) is 8.18. The Morgan fingerprint density at radius 3 is 2.68 bits per heavy atom. The number of fused-ring (bicyclic) bond motifs is 1. The quantitative estimate of drug-likeness (QED) is 0.274. The Morgan fingerprint density at radius 1 is 1.18 bits per heavy atom. The number of hydrogen-bond acceptors (Lipinski definition) is 8. The average Bonchev–Trinajstić information content (AvgIpc) is 3.47. The van der Waals surface area contributed by atoms with Crippen LogP contribution < -0.4 is 11.1 Å². The van der Waals surface area contributed by atoms with Gasteiger partial charge in [-0.2, -0.15) is 0 Å². The summed E-state index contributed by atoms with van der Waals surface area (Å²) in [6, 6.07) is 10.3. The number of benzene rings is 1. The first-order valence-corrected chi connectivity index (χ1v) is 11.1. The number of hydrogen-bond donors (Lipinski definition) is 3. The number of nitrogens with one attached hydrogen (secondary N) is 2. The number of ether oxygens (including phenoxy) is 1. The molecule has 0 saturated carbocycles. The summed E-state index contributed by atoms with van der Waals surface area (Å²) in [5, 5.41) is 3.59. The lowest BCUT2D eigenvalue weighted by Crippen LogP contribution is -2.24. The smallest absolute Gasteiger partial charge is 0.338 e. The molecule has 1 aromatic carbocycles. The third-order valence-corrected chi connectivity index (χ3v) is 6.35. The van der Waals surface area contributed by atoms with E-state index in [4.69, 9.17) is 10.5 Å². The molecule has 0 aliphatic carbocycles. The molecule has 1 amide bonds. The Bertz CT molecular complexity index is 1410. The van der Waals surface area contributed by atoms with Crippen molar-refractivity contribution in [2.24, 2.45) is 0 Å². The van der Waals surface area contributed by atoms with Gasteiger partial charge in [-0.15, -0.1) is 11.3 Å². The highest BCUT2D eigenvalue weighted by Crippen LogP contribution is 2.31. The number of amides is 1. The molecule has 174 valence electrons. The fourth-order valence-corrected chi connectivity index (χ4v) is 4.50. The Balaban J connectivity index is 1.75. The fourth-order valence-electron chi connectivity index (χ4n) is 3.61. The Morgan fingerprint density at radius 2 is 1.97 bits per heavy atom. The van der Waals surface area contributed by atoms with Crippen molar-refractivity contribution in [2.75, 3.05) is 32.3 Å². The third kappa shape index (κ3) is 4.23. The minimum atomic E-state index is -0.589. The number of esters is 1. The summed E-state index contributed by atoms with van der Waals surface area (Å²) < 4.78 is 4.91. The monoisotopic (exact) mass is 477 g/mol. The van der Waals surface area contributed by atoms with Gasteiger partial charge in [0.1, 0.15) is 5.69 Å². The number of aromatic nitrogens is 2. The molecular weight excluding hydrogens is 454 g/mol. The van der Waals surface area contributed by atoms with E-state index >= 15 is 0 Å². The van der Waals surface area contributed by atoms with Crippen molar-refractivity contribution in [1.82, 2.24) is 14.9 Å². The molecule has 0 aliphatic heterocycles. The molecule has 0 atom stereocenters. The lowest BCUT2D eigenvalue weighted by molar-refractivity contribution is 0.0602. The number of nitrogens with zero attached hydrogens (tertiary/aromatic N) is 2. The number of carbonyl (C=O) groups excluding carboxylic acids is 3. The normalized spacial score (nSPS) is 10.8. The molecule has 3 aromatic heterocycles. The van der Waals surface area contributed by atoms with Crippen molar-refractivity contribution in [3.63, 3.8) is 0 Å². The van der Waals surface area contributed by atoms with E-state index in [1.54, 1.807) is 56.8 Å². The van der Waals surface area contributed by atoms with E-state index in [0.29, 0.717) is 28.0 Å². The van der Waals surface area contributed by atoms with E-state index < -0.39 is 5.97 Å². The van der Waals surface area contributed by atoms with Crippen molar-refractivity contribution < 1.29 is 19.1 Å². The van der Waals surface area contributed by atoms with Gasteiger partial charge in [0.2, 0.25) is 5.78 Å². The van der Waals surface area contributed by atoms with Crippen LogP contribution >= 0.6 is 11.3 Å². The van der Waals surface area contributed by atoms with E-state index in [0.717, 1.165) is 10.6 Å². The van der Waals surface area contributed by atoms with Crippen molar-refractivity contribution in [2.45, 2.75) is 6.54 Å². The maximum absolute atomic E-state index is 13.7. The van der Waals surface area contributed by atoms with Crippen LogP contribution in [0.2, 0.25) is 0 Å². The number of carbonyl (C=O) groups is 3. The number of nitrogen functional groups attached to an aromatic ring is 1. The van der Waals surface area contributed by atoms with E-state index in [2.05, 4.69) is 15.3 Å². The second kappa shape index (κ2) is 9.36. The number of ketones is 1. The molecule has 4 N–H and O–H groups in total. The maximum Gasteiger partial charge on any atom is 0.338 e. The van der Waals surface area contributed by atoms with Gasteiger partial charge in [0.15, 0.2) is 0 Å². The zero-order chi connectivity index (χ0) is 24.4. The molecule has 0 unspecified atom stereocenters. The number of nitrogens with two attached hydrogens (primary N) is 1. The molecule has 0 saturated heterocycles. The molecular formula is C24H23N5O4S. The first-order chi connectivity index (χ1) is 16.3. The zero-order valence-corrected chi connectivity index (χ0v) is 19.7. The van der Waals surface area contributed by atoms with Gasteiger partial charge in [-0.25, -0.2) is 4.79 Å². The second-order valence-corrected chi connectivity index (χ2v) is 8.87. The highest BCUT2D eigenvalue weighted by Gasteiger charge is 2.29. The predicted octanol–water partition coefficient (Wildman–Crippen LogP) is 3.54. The van der Waals surface area contributed by atoms with Crippen LogP contribution in [0.3, 0.4) is 0 Å². The van der Waals surface area contributed by atoms with Gasteiger partial charge in [0.25, 0.3) is 5.91 Å². The van der Waals surface area contributed by atoms with E-state index in [9.17, 15) is 14.4 Å². The lowest BCUT2D eigenvalue weighted by Gasteiger charge is -2.10. The van der Waals surface area contributed by atoms with Crippen LogP contribution in [0.4, 0.5) is 11.4 Å². The van der Waals surface area contributed by atoms with Gasteiger partial charge in [-0.3, -0.25) is 14.6 Å². The number of thiophene rings is 1. The van der Waals surface area contributed by atoms with Crippen molar-refractivity contribution >= 4 is 51.3 Å². The van der Waals surface area contributed by atoms with Crippen LogP contribution in [0.5, 0.6) is 0 Å². The molecule has 4 aromatic rings. The largest absolute Gasteiger partial charge is 0.465 e. The van der Waals surface area contributed by atoms with E-state index in [-0.39, 0.29) is 28.5 Å². The van der Waals surface area contributed by atoms with Crippen molar-refractivity contribution in [3.8, 4) is 0 Å². The van der Waals surface area contributed by atoms with Gasteiger partial charge in [0.05, 0.1) is 40.7 Å². The fraction of sp³-hybridized carbons (Fsp3) is 0.167. The first-order valence-electron chi connectivity index (χ1n) is 10.3. The molecule has 0 radical (unpaired) electrons. The Hall–Kier alpha value is -4.18. The minimum absolute atomic E-state index is 0.124. The number of aromatic amines is 1. The standard InChI is InChI=1S/C24H23N5O4S/c1-29(2)23(31)21-20(19-14(24(32)33-3)5-4-6-17(19)28-21)22(30)18-8-7-13(34-18)11-27-16-9-10-26-12-15(16)25/h4-10,12,28H,11,25H2,1-3H3,(H,26,27). The van der Waals surface area contributed by atoms with Gasteiger partial charge in [-0.1, -0.05) is 6.07 Å². The van der Waals surface area contributed by atoms with Gasteiger partial charge in [-0.05, 0) is 30.3 Å². The van der Waals surface area contributed by atoms with Crippen LogP contribution in [0.25, 0.3) is 10.9 Å². The summed E-state index contributed by atoms with van der Waals surface area (Å²) in [6.07, 6.45) is 3.20. The van der Waals surface area contributed by atoms with Gasteiger partial charge < -0.3 is 25.7 Å². The van der Waals surface area contributed by atoms with Gasteiger partial charge in [0, 0.05) is 42.6 Å². The third-order valence-electron chi connectivity index (χ3n) is 5.27. The van der Waals surface area contributed by atoms with E-state index in [1.807, 2.05) is 6.07 Å². The average molecular weight is 478 g/mol. The van der Waals surface area contributed by atoms with Crippen LogP contribution in [0.1, 0.15) is 41.0 Å². The Kier molecular flexibility index (Phi) is 6.33. The number of anilines is 2. The minimum Gasteiger partial charge on any atom is -0.465 e. The molecule has 0 aliphatic rings. The molecule has 0 bridgehead atoms. The molecule has 0 spiro atoms. The summed E-state index contributed by atoms with van der Waals surface area (Å²) in [5.74, 6) is -1.32. The number of rotatable bonds is 7. The predicted molar refractivity (Wildman–Crippen MR) is 131 cm³/mol. The second-order valence-electron chi connectivity index (χ2n) is 7.71. The SMILES string of the molecule is COC(=O)c1cccc2[nH]c(C(=O)N(C)C)c(C(=O)c3ccc(CNc4ccncc4N)s3)c12. The maximum atomic E-state index is 13.7. The summed E-state index contributed by atoms with van der Waals surface area (Å²) >= 11 is 1.30. The Labute approximate surface area is 199 Å². The van der Waals surface area contributed by atoms with Crippen molar-refractivity contribution in [3.05, 3.63) is 75.4 Å². The van der Waals surface area contributed by atoms with Crippen LogP contribution in [0, 0.1) is 0 Å². The van der Waals surface area contributed by atoms with Crippen LogP contribution in [-0.4, -0.2) is 53.7 Å². The molecule has 4 rings (SSSR count). The summed E-state index contributed by atoms with van der Waals surface area (Å²) in [4.78, 5) is 48.8. The summed E-state index contributed by atoms with van der Waals surface area (Å²) in [6.45, 7) is 0.455. The zero-order valence-electron chi connectivity index (χ0n) is 18.8. The number of H-pyrrole nitrogens is 1. The molecule has 9 nitrogen and oxygen atoms in total. The van der Waals surface area contributed by atoms with Crippen molar-refractivity contribution in [1.29, 1.82) is 0 Å². The topological polar surface area (TPSA) is 130 Å². The van der Waals surface area contributed by atoms with Crippen LogP contribution in [-0.2, 0) is 11.3 Å². The van der Waals surface area contributed by atoms with E-state index in [1.165, 1.54) is 23.3 Å². The number of methoxy groups -OCH3 is 1. The van der Waals surface area contributed by atoms with Crippen LogP contribution in [0.15, 0.2) is 48.8 Å².